The van der Waals surface area contributed by atoms with E-state index in [1.807, 2.05) is 0 Å². The topological polar surface area (TPSA) is 136 Å². The molecular weight excluding hydrogens is 360 g/mol. The van der Waals surface area contributed by atoms with Crippen LogP contribution in [0.2, 0.25) is 0 Å². The van der Waals surface area contributed by atoms with E-state index in [0.717, 1.165) is 18.2 Å². The van der Waals surface area contributed by atoms with Gasteiger partial charge in [0.1, 0.15) is 11.2 Å². The summed E-state index contributed by atoms with van der Waals surface area (Å²) in [5.74, 6) is -1.49. The number of nitro benzene ring substituents is 1. The molecule has 0 saturated carbocycles. The van der Waals surface area contributed by atoms with Crippen molar-refractivity contribution in [2.45, 2.75) is 52.7 Å². The van der Waals surface area contributed by atoms with Gasteiger partial charge >= 0.3 is 18.2 Å². The molecule has 0 aliphatic carbocycles. The lowest BCUT2D eigenvalue weighted by atomic mass is 10.1. The minimum atomic E-state index is -1.49. The molecule has 0 bridgehead atoms. The summed E-state index contributed by atoms with van der Waals surface area (Å²) >= 11 is 0. The van der Waals surface area contributed by atoms with E-state index in [1.165, 1.54) is 0 Å². The average Bonchev–Trinajstić information content (AvgIpc) is 2.42. The van der Waals surface area contributed by atoms with Gasteiger partial charge in [-0.3, -0.25) is 10.1 Å². The molecule has 0 fully saturated rings. The van der Waals surface area contributed by atoms with E-state index in [2.05, 4.69) is 0 Å². The Morgan fingerprint density at radius 2 is 1.44 bits per heavy atom. The lowest BCUT2D eigenvalue weighted by molar-refractivity contribution is -0.384. The number of hydrogen-bond donors (Lipinski definition) is 1. The Balaban J connectivity index is 3.60. The van der Waals surface area contributed by atoms with Crippen LogP contribution in [0.3, 0.4) is 0 Å². The van der Waals surface area contributed by atoms with Gasteiger partial charge in [0.2, 0.25) is 0 Å². The van der Waals surface area contributed by atoms with E-state index in [9.17, 15) is 29.6 Å². The smallest absolute Gasteiger partial charge is 0.424 e. The maximum atomic E-state index is 12.6. The van der Waals surface area contributed by atoms with Crippen molar-refractivity contribution in [1.29, 1.82) is 0 Å². The molecule has 2 amide bonds. The quantitative estimate of drug-likeness (QED) is 0.612. The molecule has 1 N–H and O–H groups in total. The van der Waals surface area contributed by atoms with Gasteiger partial charge in [0, 0.05) is 12.1 Å². The fraction of sp³-hybridized carbons (Fsp3) is 0.471. The number of ether oxygens (including phenoxy) is 2. The lowest BCUT2D eigenvalue weighted by Crippen LogP contribution is -2.44. The standard InChI is InChI=1S/C17H22N2O8/c1-16(2,3)26-14(22)18(15(23)27-17(4,5)6)12-9-10(19(24)25)7-8-11(12)13(20)21/h7-9H,1-6H3,(H,20,21). The fourth-order valence-corrected chi connectivity index (χ4v) is 1.89. The normalized spacial score (nSPS) is 11.5. The van der Waals surface area contributed by atoms with Crippen LogP contribution in [0.25, 0.3) is 0 Å². The number of carbonyl (C=O) groups is 3. The second-order valence-corrected chi connectivity index (χ2v) is 7.56. The number of amides is 2. The number of nitrogens with zero attached hydrogens (tertiary/aromatic N) is 2. The number of benzene rings is 1. The van der Waals surface area contributed by atoms with Crippen LogP contribution in [0, 0.1) is 10.1 Å². The minimum Gasteiger partial charge on any atom is -0.478 e. The van der Waals surface area contributed by atoms with Crippen LogP contribution in [-0.2, 0) is 9.47 Å². The number of carbonyl (C=O) groups excluding carboxylic acids is 2. The largest absolute Gasteiger partial charge is 0.478 e. The van der Waals surface area contributed by atoms with Gasteiger partial charge in [-0.1, -0.05) is 0 Å². The van der Waals surface area contributed by atoms with Crippen LogP contribution in [0.15, 0.2) is 18.2 Å². The first-order valence-corrected chi connectivity index (χ1v) is 7.90. The Morgan fingerprint density at radius 1 is 1.00 bits per heavy atom. The second-order valence-electron chi connectivity index (χ2n) is 7.56. The van der Waals surface area contributed by atoms with Crippen LogP contribution in [0.1, 0.15) is 51.9 Å². The minimum absolute atomic E-state index is 0.340. The molecule has 0 aliphatic rings. The summed E-state index contributed by atoms with van der Waals surface area (Å²) in [5.41, 5.74) is -3.56. The Kier molecular flexibility index (Phi) is 6.16. The molecule has 1 rings (SSSR count). The van der Waals surface area contributed by atoms with Gasteiger partial charge in [-0.25, -0.2) is 14.4 Å². The van der Waals surface area contributed by atoms with Crippen LogP contribution >= 0.6 is 0 Å². The molecule has 148 valence electrons. The summed E-state index contributed by atoms with van der Waals surface area (Å²) in [6.07, 6.45) is -2.44. The van der Waals surface area contributed by atoms with Gasteiger partial charge in [0.25, 0.3) is 5.69 Å². The summed E-state index contributed by atoms with van der Waals surface area (Å²) in [6, 6.07) is 2.68. The van der Waals surface area contributed by atoms with Gasteiger partial charge < -0.3 is 14.6 Å². The number of anilines is 1. The summed E-state index contributed by atoms with van der Waals surface area (Å²) < 4.78 is 10.3. The van der Waals surface area contributed by atoms with Gasteiger partial charge in [0.15, 0.2) is 0 Å². The summed E-state index contributed by atoms with van der Waals surface area (Å²) in [4.78, 5) is 47.3. The fourth-order valence-electron chi connectivity index (χ4n) is 1.89. The Labute approximate surface area is 155 Å². The molecule has 0 aromatic heterocycles. The maximum Gasteiger partial charge on any atom is 0.424 e. The van der Waals surface area contributed by atoms with Gasteiger partial charge in [-0.15, -0.1) is 0 Å². The number of carboxylic acid groups (broad SMARTS) is 1. The first kappa shape index (κ1) is 21.9. The van der Waals surface area contributed by atoms with Crippen molar-refractivity contribution in [3.8, 4) is 0 Å². The van der Waals surface area contributed by atoms with E-state index < -0.39 is 51.2 Å². The lowest BCUT2D eigenvalue weighted by Gasteiger charge is -2.29. The summed E-state index contributed by atoms with van der Waals surface area (Å²) in [7, 11) is 0. The predicted molar refractivity (Wildman–Crippen MR) is 95.0 cm³/mol. The molecule has 0 spiro atoms. The summed E-state index contributed by atoms with van der Waals surface area (Å²) in [5, 5.41) is 20.4. The van der Waals surface area contributed by atoms with Crippen molar-refractivity contribution in [3.05, 3.63) is 33.9 Å². The third kappa shape index (κ3) is 6.24. The molecule has 1 aromatic rings. The number of aromatic carboxylic acids is 1. The second kappa shape index (κ2) is 7.60. The van der Waals surface area contributed by atoms with Crippen molar-refractivity contribution in [2.24, 2.45) is 0 Å². The molecule has 0 saturated heterocycles. The van der Waals surface area contributed by atoms with Gasteiger partial charge in [-0.2, -0.15) is 4.90 Å². The molecular formula is C17H22N2O8. The predicted octanol–water partition coefficient (Wildman–Crippen LogP) is 3.97. The van der Waals surface area contributed by atoms with Gasteiger partial charge in [0.05, 0.1) is 16.2 Å². The Hall–Kier alpha value is -3.17. The SMILES string of the molecule is CC(C)(C)OC(=O)N(C(=O)OC(C)(C)C)c1cc([N+](=O)[O-])ccc1C(=O)O. The molecule has 10 nitrogen and oxygen atoms in total. The van der Waals surface area contributed by atoms with Crippen LogP contribution in [0.5, 0.6) is 0 Å². The third-order valence-corrected chi connectivity index (χ3v) is 2.82. The van der Waals surface area contributed by atoms with E-state index in [0.29, 0.717) is 4.90 Å². The number of non-ortho nitro benzene ring substituents is 1. The van der Waals surface area contributed by atoms with E-state index >= 15 is 0 Å². The van der Waals surface area contributed by atoms with Crippen molar-refractivity contribution in [1.82, 2.24) is 0 Å². The van der Waals surface area contributed by atoms with Crippen LogP contribution in [0.4, 0.5) is 21.0 Å². The number of rotatable bonds is 3. The third-order valence-electron chi connectivity index (χ3n) is 2.82. The van der Waals surface area contributed by atoms with Crippen LogP contribution in [-0.4, -0.2) is 39.4 Å². The zero-order chi connectivity index (χ0) is 21.2. The highest BCUT2D eigenvalue weighted by Crippen LogP contribution is 2.29. The molecule has 1 aromatic carbocycles. The molecule has 0 heterocycles. The highest BCUT2D eigenvalue weighted by atomic mass is 16.6. The molecule has 0 radical (unpaired) electrons. The monoisotopic (exact) mass is 382 g/mol. The highest BCUT2D eigenvalue weighted by molar-refractivity contribution is 6.13. The highest BCUT2D eigenvalue weighted by Gasteiger charge is 2.36. The number of nitro groups is 1. The zero-order valence-electron chi connectivity index (χ0n) is 15.9. The van der Waals surface area contributed by atoms with Crippen molar-refractivity contribution in [2.75, 3.05) is 4.90 Å². The number of carboxylic acids is 1. The number of imide groups is 1. The molecule has 10 heteroatoms. The van der Waals surface area contributed by atoms with Crippen molar-refractivity contribution >= 4 is 29.5 Å². The molecule has 27 heavy (non-hydrogen) atoms. The zero-order valence-corrected chi connectivity index (χ0v) is 15.9. The molecule has 0 aliphatic heterocycles. The van der Waals surface area contributed by atoms with Gasteiger partial charge in [-0.05, 0) is 47.6 Å². The molecule has 0 atom stereocenters. The van der Waals surface area contributed by atoms with Crippen LogP contribution < -0.4 is 4.90 Å². The summed E-state index contributed by atoms with van der Waals surface area (Å²) in [6.45, 7) is 9.27. The van der Waals surface area contributed by atoms with E-state index in [1.54, 1.807) is 41.5 Å². The maximum absolute atomic E-state index is 12.6. The Bertz CT molecular complexity index is 746. The number of hydrogen-bond acceptors (Lipinski definition) is 7. The Morgan fingerprint density at radius 3 is 1.78 bits per heavy atom. The van der Waals surface area contributed by atoms with E-state index in [4.69, 9.17) is 9.47 Å². The van der Waals surface area contributed by atoms with Crippen molar-refractivity contribution < 1.29 is 33.9 Å². The average molecular weight is 382 g/mol. The first-order valence-electron chi connectivity index (χ1n) is 7.90. The first-order chi connectivity index (χ1) is 12.1. The van der Waals surface area contributed by atoms with Crippen molar-refractivity contribution in [3.63, 3.8) is 0 Å². The molecule has 0 unspecified atom stereocenters. The van der Waals surface area contributed by atoms with E-state index in [-0.39, 0.29) is 0 Å².